The van der Waals surface area contributed by atoms with E-state index in [9.17, 15) is 9.18 Å². The Morgan fingerprint density at radius 3 is 2.94 bits per heavy atom. The molecule has 1 amide bonds. The van der Waals surface area contributed by atoms with E-state index in [0.717, 1.165) is 18.2 Å². The van der Waals surface area contributed by atoms with Crippen molar-refractivity contribution in [2.75, 3.05) is 11.9 Å². The Bertz CT molecular complexity index is 414. The van der Waals surface area contributed by atoms with Gasteiger partial charge in [0.05, 0.1) is 10.6 Å². The summed E-state index contributed by atoms with van der Waals surface area (Å²) in [5, 5.41) is 3.57. The number of halogens is 3. The molecule has 0 fully saturated rings. The number of carbonyl (C=O) groups excluding carboxylic acids is 1. The summed E-state index contributed by atoms with van der Waals surface area (Å²) in [5.74, 6) is -0.317. The standard InChI is InChI=1S/C13H16BrClFNO/c1-9(8-14)4-3-7-17-13(18)10-5-2-6-11(16)12(10)15/h2,5-6,9H,3-4,7-8H2,1H3,(H,17,18). The summed E-state index contributed by atoms with van der Waals surface area (Å²) in [7, 11) is 0. The fourth-order valence-corrected chi connectivity index (χ4v) is 2.04. The van der Waals surface area contributed by atoms with Crippen LogP contribution >= 0.6 is 27.5 Å². The van der Waals surface area contributed by atoms with Crippen LogP contribution in [-0.2, 0) is 0 Å². The monoisotopic (exact) mass is 335 g/mol. The maximum absolute atomic E-state index is 13.2. The highest BCUT2D eigenvalue weighted by Gasteiger charge is 2.12. The molecule has 1 unspecified atom stereocenters. The van der Waals surface area contributed by atoms with E-state index in [0.29, 0.717) is 12.5 Å². The van der Waals surface area contributed by atoms with Crippen molar-refractivity contribution >= 4 is 33.4 Å². The van der Waals surface area contributed by atoms with Gasteiger partial charge in [-0.25, -0.2) is 4.39 Å². The fraction of sp³-hybridized carbons (Fsp3) is 0.462. The molecule has 0 radical (unpaired) electrons. The summed E-state index contributed by atoms with van der Waals surface area (Å²) in [4.78, 5) is 11.8. The van der Waals surface area contributed by atoms with Crippen molar-refractivity contribution in [3.05, 3.63) is 34.6 Å². The van der Waals surface area contributed by atoms with Gasteiger partial charge in [0, 0.05) is 11.9 Å². The fourth-order valence-electron chi connectivity index (χ4n) is 1.50. The third-order valence-electron chi connectivity index (χ3n) is 2.62. The van der Waals surface area contributed by atoms with Crippen LogP contribution < -0.4 is 5.32 Å². The maximum atomic E-state index is 13.2. The largest absolute Gasteiger partial charge is 0.352 e. The predicted octanol–water partition coefficient (Wildman–Crippen LogP) is 4.02. The molecule has 0 heterocycles. The van der Waals surface area contributed by atoms with E-state index in [4.69, 9.17) is 11.6 Å². The van der Waals surface area contributed by atoms with Gasteiger partial charge in [-0.1, -0.05) is 40.5 Å². The minimum absolute atomic E-state index is 0.121. The van der Waals surface area contributed by atoms with E-state index in [1.165, 1.54) is 18.2 Å². The summed E-state index contributed by atoms with van der Waals surface area (Å²) in [6.07, 6.45) is 1.92. The van der Waals surface area contributed by atoms with E-state index in [2.05, 4.69) is 28.2 Å². The molecular formula is C13H16BrClFNO. The van der Waals surface area contributed by atoms with Crippen LogP contribution in [0.1, 0.15) is 30.1 Å². The van der Waals surface area contributed by atoms with Gasteiger partial charge in [-0.3, -0.25) is 4.79 Å². The van der Waals surface area contributed by atoms with Crippen molar-refractivity contribution in [3.8, 4) is 0 Å². The van der Waals surface area contributed by atoms with Crippen molar-refractivity contribution < 1.29 is 9.18 Å². The molecule has 5 heteroatoms. The number of alkyl halides is 1. The maximum Gasteiger partial charge on any atom is 0.252 e. The number of benzene rings is 1. The van der Waals surface area contributed by atoms with E-state index in [1.54, 1.807) is 0 Å². The summed E-state index contributed by atoms with van der Waals surface area (Å²) in [6.45, 7) is 2.71. The first kappa shape index (κ1) is 15.4. The number of amides is 1. The molecule has 1 atom stereocenters. The molecule has 0 aliphatic carbocycles. The number of hydrogen-bond acceptors (Lipinski definition) is 1. The van der Waals surface area contributed by atoms with Gasteiger partial charge in [-0.05, 0) is 30.9 Å². The van der Waals surface area contributed by atoms with Crippen LogP contribution in [0.5, 0.6) is 0 Å². The molecular weight excluding hydrogens is 321 g/mol. The second kappa shape index (κ2) is 7.74. The van der Waals surface area contributed by atoms with Gasteiger partial charge in [-0.2, -0.15) is 0 Å². The van der Waals surface area contributed by atoms with Crippen LogP contribution in [0.4, 0.5) is 4.39 Å². The molecule has 0 aromatic heterocycles. The predicted molar refractivity (Wildman–Crippen MR) is 75.9 cm³/mol. The first-order valence-electron chi connectivity index (χ1n) is 5.84. The Labute approximate surface area is 120 Å². The molecule has 1 aromatic carbocycles. The van der Waals surface area contributed by atoms with Gasteiger partial charge >= 0.3 is 0 Å². The van der Waals surface area contributed by atoms with Gasteiger partial charge in [-0.15, -0.1) is 0 Å². The van der Waals surface area contributed by atoms with E-state index in [1.807, 2.05) is 0 Å². The molecule has 1 N–H and O–H groups in total. The molecule has 100 valence electrons. The first-order valence-corrected chi connectivity index (χ1v) is 7.34. The summed E-state index contributed by atoms with van der Waals surface area (Å²) >= 11 is 9.14. The van der Waals surface area contributed by atoms with Crippen LogP contribution in [0.25, 0.3) is 0 Å². The summed E-state index contributed by atoms with van der Waals surface area (Å²) < 4.78 is 13.2. The van der Waals surface area contributed by atoms with Crippen molar-refractivity contribution in [2.24, 2.45) is 5.92 Å². The molecule has 0 saturated heterocycles. The molecule has 0 aliphatic heterocycles. The van der Waals surface area contributed by atoms with Crippen LogP contribution in [-0.4, -0.2) is 17.8 Å². The zero-order chi connectivity index (χ0) is 13.5. The Morgan fingerprint density at radius 2 is 2.28 bits per heavy atom. The number of nitrogens with one attached hydrogen (secondary N) is 1. The third kappa shape index (κ3) is 4.58. The van der Waals surface area contributed by atoms with Gasteiger partial charge in [0.25, 0.3) is 5.91 Å². The lowest BCUT2D eigenvalue weighted by Gasteiger charge is -2.09. The quantitative estimate of drug-likeness (QED) is 0.617. The lowest BCUT2D eigenvalue weighted by molar-refractivity contribution is 0.0952. The second-order valence-corrected chi connectivity index (χ2v) is 5.28. The van der Waals surface area contributed by atoms with Gasteiger partial charge in [0.1, 0.15) is 5.82 Å². The molecule has 18 heavy (non-hydrogen) atoms. The molecule has 0 aliphatic rings. The van der Waals surface area contributed by atoms with E-state index in [-0.39, 0.29) is 16.5 Å². The van der Waals surface area contributed by atoms with Crippen LogP contribution in [0.15, 0.2) is 18.2 Å². The molecule has 0 bridgehead atoms. The average Bonchev–Trinajstić information content (AvgIpc) is 2.37. The summed E-state index contributed by atoms with van der Waals surface area (Å²) in [5.41, 5.74) is 0.185. The molecule has 0 saturated carbocycles. The van der Waals surface area contributed by atoms with Crippen LogP contribution in [0.2, 0.25) is 5.02 Å². The smallest absolute Gasteiger partial charge is 0.252 e. The highest BCUT2D eigenvalue weighted by Crippen LogP contribution is 2.19. The summed E-state index contributed by atoms with van der Waals surface area (Å²) in [6, 6.07) is 4.22. The highest BCUT2D eigenvalue weighted by atomic mass is 79.9. The van der Waals surface area contributed by atoms with Crippen LogP contribution in [0.3, 0.4) is 0 Å². The van der Waals surface area contributed by atoms with Crippen LogP contribution in [0, 0.1) is 11.7 Å². The van der Waals surface area contributed by atoms with Crippen molar-refractivity contribution in [2.45, 2.75) is 19.8 Å². The Kier molecular flexibility index (Phi) is 6.65. The Balaban J connectivity index is 2.44. The lowest BCUT2D eigenvalue weighted by atomic mass is 10.1. The highest BCUT2D eigenvalue weighted by molar-refractivity contribution is 9.09. The molecule has 0 spiro atoms. The second-order valence-electron chi connectivity index (χ2n) is 4.26. The lowest BCUT2D eigenvalue weighted by Crippen LogP contribution is -2.25. The Morgan fingerprint density at radius 1 is 1.56 bits per heavy atom. The topological polar surface area (TPSA) is 29.1 Å². The number of hydrogen-bond donors (Lipinski definition) is 1. The van der Waals surface area contributed by atoms with Crippen molar-refractivity contribution in [3.63, 3.8) is 0 Å². The SMILES string of the molecule is CC(CBr)CCCNC(=O)c1cccc(F)c1Cl. The average molecular weight is 337 g/mol. The number of rotatable bonds is 6. The van der Waals surface area contributed by atoms with E-state index >= 15 is 0 Å². The van der Waals surface area contributed by atoms with Gasteiger partial charge < -0.3 is 5.32 Å². The minimum Gasteiger partial charge on any atom is -0.352 e. The third-order valence-corrected chi connectivity index (χ3v) is 4.11. The zero-order valence-corrected chi connectivity index (χ0v) is 12.5. The first-order chi connectivity index (χ1) is 8.56. The zero-order valence-electron chi connectivity index (χ0n) is 10.2. The minimum atomic E-state index is -0.572. The van der Waals surface area contributed by atoms with Crippen molar-refractivity contribution in [1.82, 2.24) is 5.32 Å². The normalized spacial score (nSPS) is 12.2. The number of carbonyl (C=O) groups is 1. The van der Waals surface area contributed by atoms with Crippen molar-refractivity contribution in [1.29, 1.82) is 0 Å². The van der Waals surface area contributed by atoms with E-state index < -0.39 is 5.82 Å². The molecule has 1 rings (SSSR count). The molecule has 1 aromatic rings. The van der Waals surface area contributed by atoms with Gasteiger partial charge in [0.15, 0.2) is 0 Å². The Hall–Kier alpha value is -0.610. The molecule has 2 nitrogen and oxygen atoms in total. The van der Waals surface area contributed by atoms with Gasteiger partial charge in [0.2, 0.25) is 0 Å².